The molecule has 0 N–H and O–H groups in total. The van der Waals surface area contributed by atoms with Gasteiger partial charge in [0.15, 0.2) is 0 Å². The van der Waals surface area contributed by atoms with Gasteiger partial charge in [-0.15, -0.1) is 23.1 Å². The van der Waals surface area contributed by atoms with Crippen LogP contribution < -0.4 is 0 Å². The molecule has 2 heterocycles. The molecule has 0 aliphatic rings. The standard InChI is InChI=1S/C15H12Cl2N2S2/c1-8-9(2)21-15-13(8)14(17)18-12(19-15)7-20-11-5-3-4-10(16)6-11/h3-6H,7H2,1-2H3. The number of halogens is 2. The third-order valence-corrected chi connectivity index (χ3v) is 5.79. The maximum atomic E-state index is 6.31. The minimum atomic E-state index is 0.545. The summed E-state index contributed by atoms with van der Waals surface area (Å²) in [6.45, 7) is 4.14. The quantitative estimate of drug-likeness (QED) is 0.432. The Morgan fingerprint density at radius 2 is 2.00 bits per heavy atom. The normalized spacial score (nSPS) is 11.2. The second-order valence-electron chi connectivity index (χ2n) is 4.64. The first-order valence-electron chi connectivity index (χ1n) is 6.35. The van der Waals surface area contributed by atoms with Crippen molar-refractivity contribution in [2.24, 2.45) is 0 Å². The highest BCUT2D eigenvalue weighted by molar-refractivity contribution is 7.98. The molecule has 0 radical (unpaired) electrons. The van der Waals surface area contributed by atoms with Gasteiger partial charge in [-0.05, 0) is 37.6 Å². The highest BCUT2D eigenvalue weighted by atomic mass is 35.5. The third kappa shape index (κ3) is 3.19. The third-order valence-electron chi connectivity index (χ3n) is 3.19. The molecule has 108 valence electrons. The molecule has 21 heavy (non-hydrogen) atoms. The van der Waals surface area contributed by atoms with Crippen LogP contribution in [-0.2, 0) is 5.75 Å². The van der Waals surface area contributed by atoms with Gasteiger partial charge < -0.3 is 0 Å². The summed E-state index contributed by atoms with van der Waals surface area (Å²) >= 11 is 15.6. The Bertz CT molecular complexity index is 815. The minimum absolute atomic E-state index is 0.545. The molecule has 0 aliphatic carbocycles. The first kappa shape index (κ1) is 15.1. The van der Waals surface area contributed by atoms with Crippen LogP contribution in [0.2, 0.25) is 10.2 Å². The highest BCUT2D eigenvalue weighted by Crippen LogP contribution is 2.34. The average Bonchev–Trinajstić information content (AvgIpc) is 2.72. The smallest absolute Gasteiger partial charge is 0.142 e. The van der Waals surface area contributed by atoms with Crippen molar-refractivity contribution in [1.82, 2.24) is 9.97 Å². The molecular formula is C15H12Cl2N2S2. The van der Waals surface area contributed by atoms with Gasteiger partial charge in [0.25, 0.3) is 0 Å². The van der Waals surface area contributed by atoms with Gasteiger partial charge in [0.05, 0.1) is 11.1 Å². The van der Waals surface area contributed by atoms with Crippen LogP contribution in [-0.4, -0.2) is 9.97 Å². The van der Waals surface area contributed by atoms with Crippen molar-refractivity contribution in [2.75, 3.05) is 0 Å². The fraction of sp³-hybridized carbons (Fsp3) is 0.200. The zero-order chi connectivity index (χ0) is 15.0. The molecule has 0 bridgehead atoms. The van der Waals surface area contributed by atoms with E-state index in [-0.39, 0.29) is 0 Å². The van der Waals surface area contributed by atoms with Crippen molar-refractivity contribution in [2.45, 2.75) is 24.5 Å². The van der Waals surface area contributed by atoms with Crippen molar-refractivity contribution in [3.05, 3.63) is 50.7 Å². The summed E-state index contributed by atoms with van der Waals surface area (Å²) in [4.78, 5) is 12.3. The summed E-state index contributed by atoms with van der Waals surface area (Å²) < 4.78 is 0. The number of hydrogen-bond acceptors (Lipinski definition) is 4. The van der Waals surface area contributed by atoms with Crippen molar-refractivity contribution in [1.29, 1.82) is 0 Å². The predicted molar refractivity (Wildman–Crippen MR) is 92.9 cm³/mol. The van der Waals surface area contributed by atoms with Crippen molar-refractivity contribution < 1.29 is 0 Å². The largest absolute Gasteiger partial charge is 0.221 e. The Morgan fingerprint density at radius 3 is 2.76 bits per heavy atom. The van der Waals surface area contributed by atoms with Gasteiger partial charge >= 0.3 is 0 Å². The lowest BCUT2D eigenvalue weighted by molar-refractivity contribution is 1.07. The Labute approximate surface area is 141 Å². The molecule has 0 amide bonds. The van der Waals surface area contributed by atoms with Crippen LogP contribution in [0.3, 0.4) is 0 Å². The lowest BCUT2D eigenvalue weighted by Crippen LogP contribution is -1.93. The zero-order valence-electron chi connectivity index (χ0n) is 11.5. The average molecular weight is 355 g/mol. The van der Waals surface area contributed by atoms with Crippen LogP contribution in [0.1, 0.15) is 16.3 Å². The molecule has 0 saturated heterocycles. The maximum Gasteiger partial charge on any atom is 0.142 e. The molecule has 0 fully saturated rings. The van der Waals surface area contributed by atoms with E-state index in [1.807, 2.05) is 24.3 Å². The molecule has 0 spiro atoms. The Morgan fingerprint density at radius 1 is 1.19 bits per heavy atom. The van der Waals surface area contributed by atoms with Crippen LogP contribution in [0, 0.1) is 13.8 Å². The Balaban J connectivity index is 1.88. The number of rotatable bonds is 3. The molecule has 1 aromatic carbocycles. The van der Waals surface area contributed by atoms with Crippen LogP contribution in [0.4, 0.5) is 0 Å². The molecule has 2 nitrogen and oxygen atoms in total. The van der Waals surface area contributed by atoms with Gasteiger partial charge in [0.1, 0.15) is 15.8 Å². The maximum absolute atomic E-state index is 6.31. The van der Waals surface area contributed by atoms with E-state index in [0.717, 1.165) is 26.0 Å². The first-order chi connectivity index (χ1) is 10.0. The molecule has 3 rings (SSSR count). The number of nitrogens with zero attached hydrogens (tertiary/aromatic N) is 2. The van der Waals surface area contributed by atoms with Gasteiger partial charge in [-0.25, -0.2) is 9.97 Å². The number of thioether (sulfide) groups is 1. The van der Waals surface area contributed by atoms with E-state index in [1.54, 1.807) is 23.1 Å². The predicted octanol–water partition coefficient (Wildman–Crippen LogP) is 5.91. The summed E-state index contributed by atoms with van der Waals surface area (Å²) in [7, 11) is 0. The number of aryl methyl sites for hydroxylation is 2. The first-order valence-corrected chi connectivity index (χ1v) is 8.91. The van der Waals surface area contributed by atoms with Gasteiger partial charge in [0.2, 0.25) is 0 Å². The van der Waals surface area contributed by atoms with Gasteiger partial charge in [-0.3, -0.25) is 0 Å². The SMILES string of the molecule is Cc1sc2nc(CSc3cccc(Cl)c3)nc(Cl)c2c1C. The van der Waals surface area contributed by atoms with Gasteiger partial charge in [-0.2, -0.15) is 0 Å². The van der Waals surface area contributed by atoms with Crippen molar-refractivity contribution in [3.8, 4) is 0 Å². The Hall–Kier alpha value is -0.810. The van der Waals surface area contributed by atoms with Gasteiger partial charge in [0, 0.05) is 14.8 Å². The summed E-state index contributed by atoms with van der Waals surface area (Å²) in [6.07, 6.45) is 0. The summed E-state index contributed by atoms with van der Waals surface area (Å²) in [5, 5.41) is 2.26. The van der Waals surface area contributed by atoms with E-state index in [4.69, 9.17) is 23.2 Å². The molecule has 2 aromatic heterocycles. The van der Waals surface area contributed by atoms with Crippen LogP contribution in [0.15, 0.2) is 29.2 Å². The topological polar surface area (TPSA) is 25.8 Å². The van der Waals surface area contributed by atoms with Crippen molar-refractivity contribution in [3.63, 3.8) is 0 Å². The lowest BCUT2D eigenvalue weighted by Gasteiger charge is -2.03. The molecule has 0 unspecified atom stereocenters. The number of thiophene rings is 1. The summed E-state index contributed by atoms with van der Waals surface area (Å²) in [6, 6.07) is 7.76. The van der Waals surface area contributed by atoms with Crippen LogP contribution >= 0.6 is 46.3 Å². The lowest BCUT2D eigenvalue weighted by atomic mass is 10.2. The fourth-order valence-corrected chi connectivity index (χ4v) is 4.51. The Kier molecular flexibility index (Phi) is 4.41. The van der Waals surface area contributed by atoms with Gasteiger partial charge in [-0.1, -0.05) is 29.3 Å². The zero-order valence-corrected chi connectivity index (χ0v) is 14.6. The molecule has 6 heteroatoms. The monoisotopic (exact) mass is 354 g/mol. The van der Waals surface area contributed by atoms with E-state index >= 15 is 0 Å². The molecule has 0 saturated carbocycles. The number of aromatic nitrogens is 2. The second kappa shape index (κ2) is 6.13. The van der Waals surface area contributed by atoms with E-state index in [0.29, 0.717) is 10.9 Å². The summed E-state index contributed by atoms with van der Waals surface area (Å²) in [5.74, 6) is 1.42. The van der Waals surface area contributed by atoms with E-state index < -0.39 is 0 Å². The van der Waals surface area contributed by atoms with E-state index in [9.17, 15) is 0 Å². The highest BCUT2D eigenvalue weighted by Gasteiger charge is 2.13. The fourth-order valence-electron chi connectivity index (χ4n) is 2.01. The van der Waals surface area contributed by atoms with E-state index in [2.05, 4.69) is 23.8 Å². The molecule has 0 aliphatic heterocycles. The van der Waals surface area contributed by atoms with E-state index in [1.165, 1.54) is 10.4 Å². The van der Waals surface area contributed by atoms with Crippen LogP contribution in [0.25, 0.3) is 10.2 Å². The number of hydrogen-bond donors (Lipinski definition) is 0. The summed E-state index contributed by atoms with van der Waals surface area (Å²) in [5.41, 5.74) is 1.18. The molecular weight excluding hydrogens is 343 g/mol. The molecule has 3 aromatic rings. The van der Waals surface area contributed by atoms with Crippen molar-refractivity contribution >= 4 is 56.5 Å². The second-order valence-corrected chi connectivity index (χ2v) is 7.69. The number of fused-ring (bicyclic) bond motifs is 1. The minimum Gasteiger partial charge on any atom is -0.221 e. The van der Waals surface area contributed by atoms with Crippen LogP contribution in [0.5, 0.6) is 0 Å². The number of benzene rings is 1. The molecule has 0 atom stereocenters.